The Hall–Kier alpha value is -3.43. The van der Waals surface area contributed by atoms with E-state index in [0.717, 1.165) is 5.56 Å². The topological polar surface area (TPSA) is 176 Å². The van der Waals surface area contributed by atoms with Gasteiger partial charge >= 0.3 is 0 Å². The number of nitrogens with zero attached hydrogens (tertiary/aromatic N) is 6. The summed E-state index contributed by atoms with van der Waals surface area (Å²) in [4.78, 5) is 8.75. The maximum Gasteiger partial charge on any atom is 0.241 e. The molecule has 3 fully saturated rings. The number of rotatable bonds is 5. The number of benzene rings is 1. The lowest BCUT2D eigenvalue weighted by molar-refractivity contribution is -0.0946. The second kappa shape index (κ2) is 6.04. The summed E-state index contributed by atoms with van der Waals surface area (Å²) in [5.74, 6) is 0.332. The summed E-state index contributed by atoms with van der Waals surface area (Å²) in [5.41, 5.74) is 7.16. The highest BCUT2D eigenvalue weighted by atomic mass is 32.2. The predicted molar refractivity (Wildman–Crippen MR) is 105 cm³/mol. The fourth-order valence-corrected chi connectivity index (χ4v) is 5.78. The van der Waals surface area contributed by atoms with E-state index in [1.165, 1.54) is 6.20 Å². The largest absolute Gasteiger partial charge is 0.382 e. The van der Waals surface area contributed by atoms with E-state index in [2.05, 4.69) is 41.4 Å². The first kappa shape index (κ1) is 18.6. The number of nitriles is 1. The Balaban J connectivity index is 1.49. The summed E-state index contributed by atoms with van der Waals surface area (Å²) < 4.78 is 28.7. The SMILES string of the molecule is Cc1ccc(S(=O)(=O)NC23CC(C#N)(C2)C3)cc1-c1cnc(N)c(-c2nn[nH]n2)n1. The van der Waals surface area contributed by atoms with Crippen LogP contribution in [-0.2, 0) is 10.0 Å². The molecular weight excluding hydrogens is 406 g/mol. The summed E-state index contributed by atoms with van der Waals surface area (Å²) in [7, 11) is -3.76. The maximum atomic E-state index is 13.0. The van der Waals surface area contributed by atoms with Crippen LogP contribution in [0.1, 0.15) is 24.8 Å². The monoisotopic (exact) mass is 423 g/mol. The van der Waals surface area contributed by atoms with Crippen molar-refractivity contribution in [2.24, 2.45) is 5.41 Å². The first-order valence-electron chi connectivity index (χ1n) is 9.18. The van der Waals surface area contributed by atoms with Crippen molar-refractivity contribution < 1.29 is 8.42 Å². The van der Waals surface area contributed by atoms with Gasteiger partial charge in [0.2, 0.25) is 15.8 Å². The maximum absolute atomic E-state index is 13.0. The molecule has 4 N–H and O–H groups in total. The third-order valence-electron chi connectivity index (χ3n) is 5.77. The summed E-state index contributed by atoms with van der Waals surface area (Å²) in [6.07, 6.45) is 3.16. The summed E-state index contributed by atoms with van der Waals surface area (Å²) in [6, 6.07) is 7.11. The number of anilines is 1. The molecule has 0 aliphatic heterocycles. The van der Waals surface area contributed by atoms with Gasteiger partial charge in [0, 0.05) is 11.1 Å². The number of hydrogen-bond donors (Lipinski definition) is 3. The van der Waals surface area contributed by atoms with Gasteiger partial charge in [-0.1, -0.05) is 6.07 Å². The number of nitrogens with two attached hydrogens (primary N) is 1. The molecule has 152 valence electrons. The normalized spacial score (nSPS) is 24.5. The Morgan fingerprint density at radius 1 is 1.30 bits per heavy atom. The number of aromatic nitrogens is 6. The van der Waals surface area contributed by atoms with Crippen LogP contribution in [0.25, 0.3) is 22.8 Å². The van der Waals surface area contributed by atoms with Crippen LogP contribution in [-0.4, -0.2) is 44.5 Å². The molecule has 1 aromatic carbocycles. The molecule has 30 heavy (non-hydrogen) atoms. The lowest BCUT2D eigenvalue weighted by Crippen LogP contribution is -2.74. The van der Waals surface area contributed by atoms with Crippen molar-refractivity contribution in [1.82, 2.24) is 35.3 Å². The number of hydrogen-bond acceptors (Lipinski definition) is 9. The number of nitrogen functional groups attached to an aromatic ring is 1. The summed E-state index contributed by atoms with van der Waals surface area (Å²) in [5, 5.41) is 22.7. The van der Waals surface area contributed by atoms with Crippen LogP contribution >= 0.6 is 0 Å². The number of sulfonamides is 1. The van der Waals surface area contributed by atoms with E-state index in [9.17, 15) is 8.42 Å². The molecule has 3 aliphatic carbocycles. The van der Waals surface area contributed by atoms with Crippen molar-refractivity contribution in [2.45, 2.75) is 36.6 Å². The van der Waals surface area contributed by atoms with Gasteiger partial charge in [-0.25, -0.2) is 23.1 Å². The average Bonchev–Trinajstić information content (AvgIpc) is 3.19. The van der Waals surface area contributed by atoms with E-state index in [-0.39, 0.29) is 27.6 Å². The number of aryl methyl sites for hydroxylation is 1. The molecule has 3 saturated carbocycles. The van der Waals surface area contributed by atoms with E-state index in [1.807, 2.05) is 6.92 Å². The van der Waals surface area contributed by atoms with E-state index < -0.39 is 15.6 Å². The van der Waals surface area contributed by atoms with Gasteiger partial charge in [-0.15, -0.1) is 10.2 Å². The molecule has 0 atom stereocenters. The number of nitrogens with one attached hydrogen (secondary N) is 2. The lowest BCUT2D eigenvalue weighted by Gasteiger charge is -2.66. The van der Waals surface area contributed by atoms with Crippen molar-refractivity contribution >= 4 is 15.8 Å². The number of H-pyrrole nitrogens is 1. The molecule has 2 bridgehead atoms. The Bertz CT molecular complexity index is 1290. The zero-order valence-electron chi connectivity index (χ0n) is 15.9. The Morgan fingerprint density at radius 3 is 2.73 bits per heavy atom. The average molecular weight is 423 g/mol. The van der Waals surface area contributed by atoms with Gasteiger partial charge in [0.15, 0.2) is 11.5 Å². The van der Waals surface area contributed by atoms with Crippen molar-refractivity contribution in [3.63, 3.8) is 0 Å². The van der Waals surface area contributed by atoms with Crippen LogP contribution in [0.3, 0.4) is 0 Å². The van der Waals surface area contributed by atoms with Crippen molar-refractivity contribution in [2.75, 3.05) is 5.73 Å². The minimum atomic E-state index is -3.76. The predicted octanol–water partition coefficient (Wildman–Crippen LogP) is 0.939. The zero-order chi connectivity index (χ0) is 21.1. The van der Waals surface area contributed by atoms with Crippen molar-refractivity contribution in [3.8, 4) is 28.8 Å². The molecule has 0 radical (unpaired) electrons. The van der Waals surface area contributed by atoms with E-state index in [4.69, 9.17) is 11.0 Å². The number of tetrazole rings is 1. The minimum absolute atomic E-state index is 0.124. The molecule has 2 heterocycles. The Morgan fingerprint density at radius 2 is 2.07 bits per heavy atom. The highest BCUT2D eigenvalue weighted by molar-refractivity contribution is 7.89. The second-order valence-corrected chi connectivity index (χ2v) is 9.69. The quantitative estimate of drug-likeness (QED) is 0.539. The highest BCUT2D eigenvalue weighted by Crippen LogP contribution is 2.67. The minimum Gasteiger partial charge on any atom is -0.382 e. The Kier molecular flexibility index (Phi) is 3.74. The lowest BCUT2D eigenvalue weighted by atomic mass is 9.40. The molecule has 3 aromatic rings. The van der Waals surface area contributed by atoms with Crippen molar-refractivity contribution in [1.29, 1.82) is 5.26 Å². The van der Waals surface area contributed by atoms with Crippen LogP contribution in [0.2, 0.25) is 0 Å². The standard InChI is InChI=1S/C18H17N9O2S/c1-10-2-3-11(30(28,29)25-18-6-17(7-18,8-18)9-19)4-12(10)13-5-21-15(20)14(22-13)16-23-26-27-24-16/h2-5,25H,6-8H2,1H3,(H2,20,21)(H,23,24,26,27). The molecule has 0 amide bonds. The highest BCUT2D eigenvalue weighted by Gasteiger charge is 2.69. The third-order valence-corrected chi connectivity index (χ3v) is 7.35. The molecule has 12 heteroatoms. The first-order chi connectivity index (χ1) is 14.2. The third kappa shape index (κ3) is 2.74. The molecule has 11 nitrogen and oxygen atoms in total. The molecule has 0 spiro atoms. The smallest absolute Gasteiger partial charge is 0.241 e. The van der Waals surface area contributed by atoms with Gasteiger partial charge in [-0.2, -0.15) is 10.5 Å². The molecule has 2 aromatic heterocycles. The van der Waals surface area contributed by atoms with Gasteiger partial charge in [0.05, 0.1) is 28.3 Å². The molecule has 3 aliphatic rings. The van der Waals surface area contributed by atoms with Crippen LogP contribution < -0.4 is 10.5 Å². The van der Waals surface area contributed by atoms with Crippen LogP contribution in [0.15, 0.2) is 29.3 Å². The van der Waals surface area contributed by atoms with E-state index >= 15 is 0 Å². The van der Waals surface area contributed by atoms with Gasteiger partial charge in [-0.3, -0.25) is 0 Å². The van der Waals surface area contributed by atoms with Crippen molar-refractivity contribution in [3.05, 3.63) is 30.0 Å². The number of aromatic amines is 1. The second-order valence-electron chi connectivity index (χ2n) is 8.01. The first-order valence-corrected chi connectivity index (χ1v) is 10.7. The fourth-order valence-electron chi connectivity index (χ4n) is 4.36. The van der Waals surface area contributed by atoms with Gasteiger partial charge in [-0.05, 0) is 49.1 Å². The van der Waals surface area contributed by atoms with Crippen LogP contribution in [0, 0.1) is 23.7 Å². The molecule has 6 rings (SSSR count). The summed E-state index contributed by atoms with van der Waals surface area (Å²) >= 11 is 0. The molecular formula is C18H17N9O2S. The van der Waals surface area contributed by atoms with Crippen LogP contribution in [0.5, 0.6) is 0 Å². The van der Waals surface area contributed by atoms with Crippen LogP contribution in [0.4, 0.5) is 5.82 Å². The van der Waals surface area contributed by atoms with Gasteiger partial charge < -0.3 is 5.73 Å². The van der Waals surface area contributed by atoms with Gasteiger partial charge in [0.1, 0.15) is 0 Å². The zero-order valence-corrected chi connectivity index (χ0v) is 16.7. The van der Waals surface area contributed by atoms with Gasteiger partial charge in [0.25, 0.3) is 0 Å². The summed E-state index contributed by atoms with van der Waals surface area (Å²) in [6.45, 7) is 1.85. The molecule has 0 saturated heterocycles. The fraction of sp³-hybridized carbons (Fsp3) is 0.333. The molecule has 0 unspecified atom stereocenters. The van der Waals surface area contributed by atoms with E-state index in [1.54, 1.807) is 18.2 Å². The Labute approximate surface area is 171 Å². The van der Waals surface area contributed by atoms with E-state index in [0.29, 0.717) is 30.5 Å².